The van der Waals surface area contributed by atoms with Crippen molar-refractivity contribution in [3.8, 4) is 0 Å². The molecule has 0 saturated carbocycles. The molecule has 5 heteroatoms. The first kappa shape index (κ1) is 13.5. The van der Waals surface area contributed by atoms with Gasteiger partial charge >= 0.3 is 12.1 Å². The van der Waals surface area contributed by atoms with Gasteiger partial charge in [-0.1, -0.05) is 23.8 Å². The Morgan fingerprint density at radius 3 is 2.41 bits per heavy atom. The zero-order valence-corrected chi connectivity index (χ0v) is 9.51. The number of carboxylic acid groups (broad SMARTS) is 1. The maximum absolute atomic E-state index is 12.8. The van der Waals surface area contributed by atoms with Gasteiger partial charge in [-0.05, 0) is 25.0 Å². The minimum absolute atomic E-state index is 0.0416. The number of aliphatic carboxylic acids is 1. The van der Waals surface area contributed by atoms with Gasteiger partial charge in [0.2, 0.25) is 0 Å². The van der Waals surface area contributed by atoms with E-state index in [0.29, 0.717) is 11.1 Å². The largest absolute Gasteiger partial charge is 0.481 e. The number of alkyl halides is 3. The number of rotatable bonds is 3. The summed E-state index contributed by atoms with van der Waals surface area (Å²) in [5.41, 5.74) is 1.18. The van der Waals surface area contributed by atoms with E-state index in [1.165, 1.54) is 6.07 Å². The third-order valence-electron chi connectivity index (χ3n) is 2.58. The minimum Gasteiger partial charge on any atom is -0.481 e. The van der Waals surface area contributed by atoms with Crippen LogP contribution in [0, 0.1) is 13.8 Å². The molecule has 1 atom stereocenters. The molecule has 0 aromatic heterocycles. The molecule has 1 rings (SSSR count). The normalized spacial score (nSPS) is 13.5. The van der Waals surface area contributed by atoms with Crippen molar-refractivity contribution in [1.82, 2.24) is 0 Å². The van der Waals surface area contributed by atoms with Crippen LogP contribution in [-0.2, 0) is 4.79 Å². The van der Waals surface area contributed by atoms with Crippen molar-refractivity contribution in [1.29, 1.82) is 0 Å². The fourth-order valence-electron chi connectivity index (χ4n) is 1.71. The first-order valence-electron chi connectivity index (χ1n) is 5.07. The second-order valence-corrected chi connectivity index (χ2v) is 4.05. The Labute approximate surface area is 97.1 Å². The van der Waals surface area contributed by atoms with E-state index < -0.39 is 24.5 Å². The molecule has 1 aromatic rings. The SMILES string of the molecule is Cc1ccc(C)c(C(CC(=O)O)C(F)(F)F)c1. The van der Waals surface area contributed by atoms with Crippen LogP contribution in [0.2, 0.25) is 0 Å². The number of benzene rings is 1. The first-order chi connectivity index (χ1) is 7.71. The molecule has 0 radical (unpaired) electrons. The van der Waals surface area contributed by atoms with Crippen molar-refractivity contribution in [3.05, 3.63) is 34.9 Å². The number of hydrogen-bond acceptors (Lipinski definition) is 1. The van der Waals surface area contributed by atoms with E-state index in [4.69, 9.17) is 5.11 Å². The van der Waals surface area contributed by atoms with Gasteiger partial charge in [0.05, 0.1) is 12.3 Å². The summed E-state index contributed by atoms with van der Waals surface area (Å²) in [7, 11) is 0. The van der Waals surface area contributed by atoms with Crippen LogP contribution < -0.4 is 0 Å². The highest BCUT2D eigenvalue weighted by molar-refractivity contribution is 5.68. The van der Waals surface area contributed by atoms with Crippen molar-refractivity contribution in [2.45, 2.75) is 32.4 Å². The summed E-state index contributed by atoms with van der Waals surface area (Å²) in [6, 6.07) is 4.68. The zero-order chi connectivity index (χ0) is 13.2. The Morgan fingerprint density at radius 1 is 1.35 bits per heavy atom. The highest BCUT2D eigenvalue weighted by Crippen LogP contribution is 2.39. The van der Waals surface area contributed by atoms with Crippen LogP contribution in [0.15, 0.2) is 18.2 Å². The molecule has 0 aliphatic heterocycles. The lowest BCUT2D eigenvalue weighted by Crippen LogP contribution is -2.24. The second kappa shape index (κ2) is 4.77. The first-order valence-corrected chi connectivity index (χ1v) is 5.07. The maximum Gasteiger partial charge on any atom is 0.396 e. The molecular formula is C12H13F3O2. The quantitative estimate of drug-likeness (QED) is 0.887. The summed E-state index contributed by atoms with van der Waals surface area (Å²) in [5.74, 6) is -3.40. The summed E-state index contributed by atoms with van der Waals surface area (Å²) in [4.78, 5) is 10.5. The highest BCUT2D eigenvalue weighted by atomic mass is 19.4. The number of carboxylic acids is 1. The fourth-order valence-corrected chi connectivity index (χ4v) is 1.71. The number of aryl methyl sites for hydroxylation is 2. The van der Waals surface area contributed by atoms with Gasteiger partial charge in [-0.3, -0.25) is 4.79 Å². The highest BCUT2D eigenvalue weighted by Gasteiger charge is 2.42. The van der Waals surface area contributed by atoms with Crippen LogP contribution in [-0.4, -0.2) is 17.3 Å². The Kier molecular flexibility index (Phi) is 3.80. The summed E-state index contributed by atoms with van der Waals surface area (Å²) >= 11 is 0. The molecular weight excluding hydrogens is 233 g/mol. The molecule has 2 nitrogen and oxygen atoms in total. The van der Waals surface area contributed by atoms with E-state index >= 15 is 0 Å². The standard InChI is InChI=1S/C12H13F3O2/c1-7-3-4-8(2)9(5-7)10(6-11(16)17)12(13,14)15/h3-5,10H,6H2,1-2H3,(H,16,17). The van der Waals surface area contributed by atoms with E-state index in [1.54, 1.807) is 26.0 Å². The molecule has 0 heterocycles. The Bertz CT molecular complexity index is 424. The summed E-state index contributed by atoms with van der Waals surface area (Å²) in [5, 5.41) is 8.57. The van der Waals surface area contributed by atoms with Crippen molar-refractivity contribution in [3.63, 3.8) is 0 Å². The number of halogens is 3. The Morgan fingerprint density at radius 2 is 1.94 bits per heavy atom. The molecule has 0 bridgehead atoms. The predicted molar refractivity (Wildman–Crippen MR) is 57.0 cm³/mol. The van der Waals surface area contributed by atoms with E-state index in [2.05, 4.69) is 0 Å². The third-order valence-corrected chi connectivity index (χ3v) is 2.58. The van der Waals surface area contributed by atoms with Crippen molar-refractivity contribution < 1.29 is 23.1 Å². The molecule has 1 aromatic carbocycles. The van der Waals surface area contributed by atoms with Crippen molar-refractivity contribution in [2.75, 3.05) is 0 Å². The molecule has 0 fully saturated rings. The smallest absolute Gasteiger partial charge is 0.396 e. The van der Waals surface area contributed by atoms with Crippen LogP contribution in [0.5, 0.6) is 0 Å². The molecule has 0 aliphatic carbocycles. The fraction of sp³-hybridized carbons (Fsp3) is 0.417. The molecule has 1 N–H and O–H groups in total. The van der Waals surface area contributed by atoms with Gasteiger partial charge in [0.15, 0.2) is 0 Å². The third kappa shape index (κ3) is 3.47. The zero-order valence-electron chi connectivity index (χ0n) is 9.51. The van der Waals surface area contributed by atoms with Crippen molar-refractivity contribution in [2.24, 2.45) is 0 Å². The predicted octanol–water partition coefficient (Wildman–Crippen LogP) is 3.42. The molecule has 1 unspecified atom stereocenters. The van der Waals surface area contributed by atoms with Gasteiger partial charge in [-0.25, -0.2) is 0 Å². The Balaban J connectivity index is 3.21. The minimum atomic E-state index is -4.54. The molecule has 0 saturated heterocycles. The topological polar surface area (TPSA) is 37.3 Å². The van der Waals surface area contributed by atoms with Gasteiger partial charge in [-0.2, -0.15) is 13.2 Å². The van der Waals surface area contributed by atoms with Crippen LogP contribution in [0.25, 0.3) is 0 Å². The van der Waals surface area contributed by atoms with Crippen LogP contribution in [0.4, 0.5) is 13.2 Å². The van der Waals surface area contributed by atoms with Gasteiger partial charge in [0.25, 0.3) is 0 Å². The lowest BCUT2D eigenvalue weighted by molar-refractivity contribution is -0.163. The monoisotopic (exact) mass is 246 g/mol. The maximum atomic E-state index is 12.8. The number of carbonyl (C=O) groups is 1. The molecule has 94 valence electrons. The van der Waals surface area contributed by atoms with E-state index in [0.717, 1.165) is 0 Å². The second-order valence-electron chi connectivity index (χ2n) is 4.05. The van der Waals surface area contributed by atoms with Crippen LogP contribution in [0.3, 0.4) is 0 Å². The summed E-state index contributed by atoms with van der Waals surface area (Å²) in [6.07, 6.45) is -5.48. The summed E-state index contributed by atoms with van der Waals surface area (Å²) < 4.78 is 38.4. The average molecular weight is 246 g/mol. The van der Waals surface area contributed by atoms with Crippen LogP contribution >= 0.6 is 0 Å². The Hall–Kier alpha value is -1.52. The van der Waals surface area contributed by atoms with Crippen molar-refractivity contribution >= 4 is 5.97 Å². The van der Waals surface area contributed by atoms with Gasteiger partial charge in [0, 0.05) is 0 Å². The molecule has 17 heavy (non-hydrogen) atoms. The number of hydrogen-bond donors (Lipinski definition) is 1. The molecule has 0 amide bonds. The lowest BCUT2D eigenvalue weighted by Gasteiger charge is -2.21. The van der Waals surface area contributed by atoms with E-state index in [9.17, 15) is 18.0 Å². The van der Waals surface area contributed by atoms with Gasteiger partial charge < -0.3 is 5.11 Å². The van der Waals surface area contributed by atoms with E-state index in [-0.39, 0.29) is 5.56 Å². The van der Waals surface area contributed by atoms with Gasteiger partial charge in [-0.15, -0.1) is 0 Å². The molecule has 0 spiro atoms. The van der Waals surface area contributed by atoms with Gasteiger partial charge in [0.1, 0.15) is 0 Å². The van der Waals surface area contributed by atoms with E-state index in [1.807, 2.05) is 0 Å². The average Bonchev–Trinajstić information content (AvgIpc) is 2.16. The van der Waals surface area contributed by atoms with Crippen LogP contribution in [0.1, 0.15) is 29.0 Å². The summed E-state index contributed by atoms with van der Waals surface area (Å²) in [6.45, 7) is 3.23. The molecule has 0 aliphatic rings. The lowest BCUT2D eigenvalue weighted by atomic mass is 9.90.